The van der Waals surface area contributed by atoms with Gasteiger partial charge in [-0.2, -0.15) is 0 Å². The fourth-order valence-electron chi connectivity index (χ4n) is 2.06. The molecule has 0 atom stereocenters. The molecule has 2 aromatic rings. The largest absolute Gasteiger partial charge is 0.465 e. The molecular weight excluding hydrogens is 369 g/mol. The molecule has 6 nitrogen and oxygen atoms in total. The molecule has 0 aliphatic rings. The first-order valence-electron chi connectivity index (χ1n) is 6.94. The van der Waals surface area contributed by atoms with Gasteiger partial charge in [-0.3, -0.25) is 4.79 Å². The second-order valence-corrected chi connectivity index (χ2v) is 5.73. The van der Waals surface area contributed by atoms with Crippen LogP contribution in [0.15, 0.2) is 36.4 Å². The summed E-state index contributed by atoms with van der Waals surface area (Å²) in [5.74, 6) is -1.84. The van der Waals surface area contributed by atoms with E-state index in [-0.39, 0.29) is 32.4 Å². The van der Waals surface area contributed by atoms with E-state index in [1.807, 2.05) is 0 Å². The Labute approximate surface area is 153 Å². The van der Waals surface area contributed by atoms with Crippen molar-refractivity contribution in [1.29, 1.82) is 0 Å². The van der Waals surface area contributed by atoms with Crippen molar-refractivity contribution >= 4 is 46.7 Å². The van der Waals surface area contributed by atoms with E-state index in [0.29, 0.717) is 0 Å². The monoisotopic (exact) mass is 381 g/mol. The van der Waals surface area contributed by atoms with Crippen LogP contribution in [0.4, 0.5) is 5.69 Å². The topological polar surface area (TPSA) is 81.7 Å². The summed E-state index contributed by atoms with van der Waals surface area (Å²) in [5.41, 5.74) is 0.527. The summed E-state index contributed by atoms with van der Waals surface area (Å²) in [6.07, 6.45) is 0. The van der Waals surface area contributed by atoms with Crippen LogP contribution in [0.5, 0.6) is 0 Å². The first-order chi connectivity index (χ1) is 11.8. The highest BCUT2D eigenvalue weighted by atomic mass is 35.5. The zero-order chi connectivity index (χ0) is 18.6. The Hall–Kier alpha value is -2.57. The zero-order valence-electron chi connectivity index (χ0n) is 13.3. The molecule has 0 aliphatic carbocycles. The van der Waals surface area contributed by atoms with Crippen LogP contribution in [0.3, 0.4) is 0 Å². The Balaban J connectivity index is 2.42. The molecule has 0 aromatic heterocycles. The molecule has 1 N–H and O–H groups in total. The van der Waals surface area contributed by atoms with Gasteiger partial charge >= 0.3 is 11.9 Å². The Morgan fingerprint density at radius 3 is 2.00 bits per heavy atom. The van der Waals surface area contributed by atoms with Gasteiger partial charge < -0.3 is 14.8 Å². The van der Waals surface area contributed by atoms with Crippen molar-refractivity contribution in [2.45, 2.75) is 0 Å². The van der Waals surface area contributed by atoms with E-state index in [1.165, 1.54) is 50.6 Å². The molecule has 0 bridgehead atoms. The number of rotatable bonds is 4. The highest BCUT2D eigenvalue weighted by molar-refractivity contribution is 6.35. The Kier molecular flexibility index (Phi) is 6.01. The first kappa shape index (κ1) is 18.8. The molecular formula is C17H13Cl2NO5. The van der Waals surface area contributed by atoms with Gasteiger partial charge in [0.25, 0.3) is 5.91 Å². The van der Waals surface area contributed by atoms with Crippen LogP contribution in [0.2, 0.25) is 10.0 Å². The fourth-order valence-corrected chi connectivity index (χ4v) is 2.59. The number of anilines is 1. The number of amides is 1. The molecule has 0 fully saturated rings. The lowest BCUT2D eigenvalue weighted by molar-refractivity contribution is 0.0587. The van der Waals surface area contributed by atoms with Gasteiger partial charge in [-0.1, -0.05) is 23.2 Å². The lowest BCUT2D eigenvalue weighted by Gasteiger charge is -2.12. The SMILES string of the molecule is COC(=O)c1ccc(C(=O)OC)c(NC(=O)c2cc(Cl)cc(Cl)c2)c1. The van der Waals surface area contributed by atoms with Gasteiger partial charge in [0.1, 0.15) is 0 Å². The average molecular weight is 382 g/mol. The standard InChI is InChI=1S/C17H13Cl2NO5/c1-24-16(22)9-3-4-13(17(23)25-2)14(7-9)20-15(21)10-5-11(18)8-12(19)6-10/h3-8H,1-2H3,(H,20,21). The van der Waals surface area contributed by atoms with Gasteiger partial charge in [0.05, 0.1) is 31.0 Å². The van der Waals surface area contributed by atoms with Crippen LogP contribution in [-0.4, -0.2) is 32.1 Å². The molecule has 0 aliphatic heterocycles. The van der Waals surface area contributed by atoms with Crippen LogP contribution in [0.1, 0.15) is 31.1 Å². The number of nitrogens with one attached hydrogen (secondary N) is 1. The van der Waals surface area contributed by atoms with E-state index < -0.39 is 17.8 Å². The van der Waals surface area contributed by atoms with Crippen molar-refractivity contribution in [2.24, 2.45) is 0 Å². The number of carbonyl (C=O) groups excluding carboxylic acids is 3. The van der Waals surface area contributed by atoms with Crippen molar-refractivity contribution in [3.63, 3.8) is 0 Å². The maximum atomic E-state index is 12.4. The molecule has 0 spiro atoms. The minimum absolute atomic E-state index is 0.0802. The van der Waals surface area contributed by atoms with E-state index in [1.54, 1.807) is 0 Å². The molecule has 1 amide bonds. The summed E-state index contributed by atoms with van der Waals surface area (Å²) in [5, 5.41) is 3.12. The molecule has 25 heavy (non-hydrogen) atoms. The number of hydrogen-bond acceptors (Lipinski definition) is 5. The van der Waals surface area contributed by atoms with Crippen molar-refractivity contribution in [3.8, 4) is 0 Å². The lowest BCUT2D eigenvalue weighted by Crippen LogP contribution is -2.16. The quantitative estimate of drug-likeness (QED) is 0.814. The van der Waals surface area contributed by atoms with Crippen molar-refractivity contribution in [3.05, 3.63) is 63.1 Å². The van der Waals surface area contributed by atoms with Crippen molar-refractivity contribution in [1.82, 2.24) is 0 Å². The van der Waals surface area contributed by atoms with Gasteiger partial charge in [0.15, 0.2) is 0 Å². The van der Waals surface area contributed by atoms with Crippen LogP contribution >= 0.6 is 23.2 Å². The van der Waals surface area contributed by atoms with Gasteiger partial charge in [-0.05, 0) is 36.4 Å². The number of methoxy groups -OCH3 is 2. The number of ether oxygens (including phenoxy) is 2. The predicted molar refractivity (Wildman–Crippen MR) is 93.5 cm³/mol. The molecule has 130 valence electrons. The Bertz CT molecular complexity index is 831. The van der Waals surface area contributed by atoms with E-state index in [9.17, 15) is 14.4 Å². The summed E-state index contributed by atoms with van der Waals surface area (Å²) in [6.45, 7) is 0. The predicted octanol–water partition coefficient (Wildman–Crippen LogP) is 3.82. The van der Waals surface area contributed by atoms with Gasteiger partial charge in [0, 0.05) is 15.6 Å². The maximum Gasteiger partial charge on any atom is 0.339 e. The molecule has 8 heteroatoms. The normalized spacial score (nSPS) is 10.1. The van der Waals surface area contributed by atoms with E-state index >= 15 is 0 Å². The maximum absolute atomic E-state index is 12.4. The van der Waals surface area contributed by atoms with Crippen LogP contribution in [0, 0.1) is 0 Å². The molecule has 0 saturated carbocycles. The summed E-state index contributed by atoms with van der Waals surface area (Å²) in [6, 6.07) is 8.40. The molecule has 0 unspecified atom stereocenters. The van der Waals surface area contributed by atoms with Crippen molar-refractivity contribution in [2.75, 3.05) is 19.5 Å². The second kappa shape index (κ2) is 8.00. The summed E-state index contributed by atoms with van der Waals surface area (Å²) >= 11 is 11.8. The minimum Gasteiger partial charge on any atom is -0.465 e. The third kappa shape index (κ3) is 4.49. The molecule has 2 rings (SSSR count). The average Bonchev–Trinajstić information content (AvgIpc) is 2.59. The van der Waals surface area contributed by atoms with Gasteiger partial charge in [0.2, 0.25) is 0 Å². The van der Waals surface area contributed by atoms with Crippen LogP contribution in [-0.2, 0) is 9.47 Å². The van der Waals surface area contributed by atoms with E-state index in [2.05, 4.69) is 14.8 Å². The zero-order valence-corrected chi connectivity index (χ0v) is 14.8. The summed E-state index contributed by atoms with van der Waals surface area (Å²) < 4.78 is 9.32. The molecule has 2 aromatic carbocycles. The van der Waals surface area contributed by atoms with Gasteiger partial charge in [-0.25, -0.2) is 9.59 Å². The molecule has 0 saturated heterocycles. The number of halogens is 2. The third-order valence-electron chi connectivity index (χ3n) is 3.22. The molecule has 0 heterocycles. The fraction of sp³-hybridized carbons (Fsp3) is 0.118. The van der Waals surface area contributed by atoms with Gasteiger partial charge in [-0.15, -0.1) is 0 Å². The Morgan fingerprint density at radius 1 is 0.840 bits per heavy atom. The minimum atomic E-state index is -0.671. The first-order valence-corrected chi connectivity index (χ1v) is 7.69. The number of hydrogen-bond donors (Lipinski definition) is 1. The number of esters is 2. The van der Waals surface area contributed by atoms with Crippen molar-refractivity contribution < 1.29 is 23.9 Å². The second-order valence-electron chi connectivity index (χ2n) is 4.86. The van der Waals surface area contributed by atoms with E-state index in [4.69, 9.17) is 23.2 Å². The molecule has 0 radical (unpaired) electrons. The highest BCUT2D eigenvalue weighted by Crippen LogP contribution is 2.23. The van der Waals surface area contributed by atoms with E-state index in [0.717, 1.165) is 0 Å². The Morgan fingerprint density at radius 2 is 1.44 bits per heavy atom. The number of benzene rings is 2. The lowest BCUT2D eigenvalue weighted by atomic mass is 10.1. The highest BCUT2D eigenvalue weighted by Gasteiger charge is 2.18. The smallest absolute Gasteiger partial charge is 0.339 e. The third-order valence-corrected chi connectivity index (χ3v) is 3.66. The van der Waals surface area contributed by atoms with Crippen LogP contribution in [0.25, 0.3) is 0 Å². The summed E-state index contributed by atoms with van der Waals surface area (Å²) in [4.78, 5) is 36.0. The number of carbonyl (C=O) groups is 3. The summed E-state index contributed by atoms with van der Waals surface area (Å²) in [7, 11) is 2.43. The van der Waals surface area contributed by atoms with Crippen LogP contribution < -0.4 is 5.32 Å².